The van der Waals surface area contributed by atoms with Crippen molar-refractivity contribution in [1.29, 1.82) is 0 Å². The number of nitrogens with one attached hydrogen (secondary N) is 1. The van der Waals surface area contributed by atoms with Gasteiger partial charge in [0.05, 0.1) is 32.0 Å². The third kappa shape index (κ3) is 54.4. The van der Waals surface area contributed by atoms with Gasteiger partial charge in [0.25, 0.3) is 0 Å². The van der Waals surface area contributed by atoms with E-state index in [4.69, 9.17) is 14.2 Å². The molecule has 1 fully saturated rings. The number of esters is 1. The molecule has 7 unspecified atom stereocenters. The number of allylic oxidation sites excluding steroid dienone is 5. The molecule has 0 aromatic carbocycles. The van der Waals surface area contributed by atoms with E-state index in [9.17, 15) is 35.1 Å². The Labute approximate surface area is 543 Å². The van der Waals surface area contributed by atoms with Crippen LogP contribution in [0, 0.1) is 0 Å². The van der Waals surface area contributed by atoms with Crippen molar-refractivity contribution in [2.75, 3.05) is 19.8 Å². The SMILES string of the molecule is CCCC/C=C\C/C=C\CCCCCCCC(=O)OCCCCCCCCCCCCCCCCCCCCCCCCCCCCCCCCCCCCCCCC(=O)NC(COC1OC(CO)C(O)C(O)C1O)C(O)/C=C/CCCCCCCCC. The van der Waals surface area contributed by atoms with Gasteiger partial charge in [0.15, 0.2) is 6.29 Å². The zero-order valence-electron chi connectivity index (χ0n) is 57.7. The van der Waals surface area contributed by atoms with E-state index in [-0.39, 0.29) is 18.5 Å². The van der Waals surface area contributed by atoms with Crippen molar-refractivity contribution >= 4 is 11.9 Å². The van der Waals surface area contributed by atoms with Crippen LogP contribution in [-0.4, -0.2) is 100 Å². The Morgan fingerprint density at radius 2 is 0.773 bits per heavy atom. The normalized spacial score (nSPS) is 17.9. The maximum atomic E-state index is 13.0. The Hall–Kier alpha value is -2.12. The third-order valence-electron chi connectivity index (χ3n) is 18.2. The molecule has 518 valence electrons. The van der Waals surface area contributed by atoms with Crippen LogP contribution in [0.3, 0.4) is 0 Å². The lowest BCUT2D eigenvalue weighted by Gasteiger charge is -2.40. The Morgan fingerprint density at radius 1 is 0.420 bits per heavy atom. The van der Waals surface area contributed by atoms with Gasteiger partial charge in [-0.1, -0.05) is 346 Å². The highest BCUT2D eigenvalue weighted by atomic mass is 16.7. The van der Waals surface area contributed by atoms with E-state index in [1.54, 1.807) is 6.08 Å². The van der Waals surface area contributed by atoms with Crippen LogP contribution in [-0.2, 0) is 23.8 Å². The van der Waals surface area contributed by atoms with Crippen molar-refractivity contribution in [1.82, 2.24) is 5.32 Å². The van der Waals surface area contributed by atoms with E-state index in [0.717, 1.165) is 64.2 Å². The number of aliphatic hydroxyl groups is 5. The first kappa shape index (κ1) is 83.9. The maximum Gasteiger partial charge on any atom is 0.305 e. The average molecular weight is 1250 g/mol. The highest BCUT2D eigenvalue weighted by Crippen LogP contribution is 2.24. The molecule has 7 atom stereocenters. The number of ether oxygens (including phenoxy) is 3. The second-order valence-corrected chi connectivity index (χ2v) is 26.7. The number of carbonyl (C=O) groups is 2. The van der Waals surface area contributed by atoms with Crippen LogP contribution in [0.4, 0.5) is 0 Å². The largest absolute Gasteiger partial charge is 0.466 e. The maximum absolute atomic E-state index is 13.0. The zero-order chi connectivity index (χ0) is 63.7. The van der Waals surface area contributed by atoms with Gasteiger partial charge in [0.1, 0.15) is 24.4 Å². The number of hydrogen-bond acceptors (Lipinski definition) is 10. The number of unbranched alkanes of at least 4 members (excludes halogenated alkanes) is 50. The zero-order valence-corrected chi connectivity index (χ0v) is 57.7. The summed E-state index contributed by atoms with van der Waals surface area (Å²) >= 11 is 0. The second-order valence-electron chi connectivity index (χ2n) is 26.7. The molecule has 0 bridgehead atoms. The molecule has 6 N–H and O–H groups in total. The molecule has 1 aliphatic heterocycles. The molecule has 11 heteroatoms. The van der Waals surface area contributed by atoms with Gasteiger partial charge in [-0.05, 0) is 57.8 Å². The minimum Gasteiger partial charge on any atom is -0.466 e. The number of hydrogen-bond donors (Lipinski definition) is 6. The third-order valence-corrected chi connectivity index (χ3v) is 18.2. The fourth-order valence-electron chi connectivity index (χ4n) is 12.2. The summed E-state index contributed by atoms with van der Waals surface area (Å²) in [6, 6.07) is -0.804. The highest BCUT2D eigenvalue weighted by Gasteiger charge is 2.44. The van der Waals surface area contributed by atoms with Crippen LogP contribution in [0.15, 0.2) is 36.5 Å². The van der Waals surface area contributed by atoms with Crippen LogP contribution >= 0.6 is 0 Å². The quantitative estimate of drug-likeness (QED) is 0.0195. The first-order valence-electron chi connectivity index (χ1n) is 38.3. The number of carbonyl (C=O) groups excluding carboxylic acids is 2. The van der Waals surface area contributed by atoms with Gasteiger partial charge in [-0.3, -0.25) is 9.59 Å². The molecule has 1 saturated heterocycles. The molecule has 1 aliphatic rings. The van der Waals surface area contributed by atoms with Gasteiger partial charge in [0, 0.05) is 12.8 Å². The lowest BCUT2D eigenvalue weighted by Crippen LogP contribution is -2.60. The molecule has 0 saturated carbocycles. The van der Waals surface area contributed by atoms with E-state index in [1.807, 2.05) is 6.08 Å². The number of amides is 1. The van der Waals surface area contributed by atoms with E-state index >= 15 is 0 Å². The summed E-state index contributed by atoms with van der Waals surface area (Å²) in [4.78, 5) is 25.1. The van der Waals surface area contributed by atoms with Crippen molar-refractivity contribution in [3.63, 3.8) is 0 Å². The Kier molecular flexibility index (Phi) is 63.2. The molecule has 0 aromatic heterocycles. The predicted octanol–water partition coefficient (Wildman–Crippen LogP) is 20.1. The Bertz CT molecular complexity index is 1560. The fourth-order valence-corrected chi connectivity index (χ4v) is 12.2. The van der Waals surface area contributed by atoms with Crippen LogP contribution in [0.2, 0.25) is 0 Å². The minimum atomic E-state index is -1.57. The number of aliphatic hydroxyl groups excluding tert-OH is 5. The molecular formula is C77H145NO10. The Morgan fingerprint density at radius 3 is 1.18 bits per heavy atom. The summed E-state index contributed by atoms with van der Waals surface area (Å²) in [6.07, 6.45) is 76.2. The molecule has 0 spiro atoms. The summed E-state index contributed by atoms with van der Waals surface area (Å²) in [7, 11) is 0. The fraction of sp³-hybridized carbons (Fsp3) is 0.896. The standard InChI is InChI=1S/C77H145NO10/c1-3-5-7-9-11-13-14-15-42-45-49-53-57-61-65-73(82)86-66-62-58-54-50-46-43-40-38-36-34-32-30-28-26-24-22-20-18-16-17-19-21-23-25-27-29-31-33-35-37-39-41-44-48-52-56-60-64-72(81)78-69(70(80)63-59-55-51-47-12-10-8-6-4-2)68-87-77-76(85)75(84)74(83)71(67-79)88-77/h9,11,14-15,59,63,69-71,74-77,79-80,83-85H,3-8,10,12-13,16-58,60-62,64-68H2,1-2H3,(H,78,81)/b11-9-,15-14-,63-59+. The van der Waals surface area contributed by atoms with Gasteiger partial charge >= 0.3 is 5.97 Å². The van der Waals surface area contributed by atoms with Crippen LogP contribution in [0.5, 0.6) is 0 Å². The molecule has 88 heavy (non-hydrogen) atoms. The molecule has 0 aliphatic carbocycles. The van der Waals surface area contributed by atoms with E-state index in [2.05, 4.69) is 43.5 Å². The van der Waals surface area contributed by atoms with Gasteiger partial charge in [-0.15, -0.1) is 0 Å². The van der Waals surface area contributed by atoms with Crippen molar-refractivity contribution in [2.24, 2.45) is 0 Å². The monoisotopic (exact) mass is 1240 g/mol. The van der Waals surface area contributed by atoms with Crippen molar-refractivity contribution in [2.45, 2.75) is 423 Å². The first-order valence-corrected chi connectivity index (χ1v) is 38.3. The van der Waals surface area contributed by atoms with Crippen LogP contribution in [0.25, 0.3) is 0 Å². The smallest absolute Gasteiger partial charge is 0.305 e. The Balaban J connectivity index is 1.85. The van der Waals surface area contributed by atoms with Gasteiger partial charge in [-0.25, -0.2) is 0 Å². The van der Waals surface area contributed by atoms with Gasteiger partial charge < -0.3 is 45.1 Å². The summed E-state index contributed by atoms with van der Waals surface area (Å²) in [5.74, 6) is -0.174. The summed E-state index contributed by atoms with van der Waals surface area (Å²) in [5, 5.41) is 54.3. The minimum absolute atomic E-state index is 0.00281. The molecule has 1 heterocycles. The topological polar surface area (TPSA) is 175 Å². The summed E-state index contributed by atoms with van der Waals surface area (Å²) in [6.45, 7) is 4.31. The lowest BCUT2D eigenvalue weighted by molar-refractivity contribution is -0.302. The van der Waals surface area contributed by atoms with Gasteiger partial charge in [0.2, 0.25) is 5.91 Å². The van der Waals surface area contributed by atoms with Gasteiger partial charge in [-0.2, -0.15) is 0 Å². The van der Waals surface area contributed by atoms with E-state index < -0.39 is 49.5 Å². The van der Waals surface area contributed by atoms with Crippen LogP contribution in [0.1, 0.15) is 380 Å². The van der Waals surface area contributed by atoms with Crippen molar-refractivity contribution < 1.29 is 49.3 Å². The predicted molar refractivity (Wildman–Crippen MR) is 371 cm³/mol. The second kappa shape index (κ2) is 66.3. The highest BCUT2D eigenvalue weighted by molar-refractivity contribution is 5.76. The van der Waals surface area contributed by atoms with E-state index in [0.29, 0.717) is 19.4 Å². The molecule has 1 amide bonds. The summed E-state index contributed by atoms with van der Waals surface area (Å²) < 4.78 is 16.7. The lowest BCUT2D eigenvalue weighted by atomic mass is 9.99. The molecule has 0 radical (unpaired) electrons. The molecule has 11 nitrogen and oxygen atoms in total. The van der Waals surface area contributed by atoms with Crippen molar-refractivity contribution in [3.8, 4) is 0 Å². The molecule has 1 rings (SSSR count). The average Bonchev–Trinajstić information content (AvgIpc) is 3.63. The van der Waals surface area contributed by atoms with Crippen molar-refractivity contribution in [3.05, 3.63) is 36.5 Å². The first-order chi connectivity index (χ1) is 43.2. The summed E-state index contributed by atoms with van der Waals surface area (Å²) in [5.41, 5.74) is 0. The van der Waals surface area contributed by atoms with E-state index in [1.165, 1.54) is 289 Å². The molecule has 0 aromatic rings. The number of rotatable bonds is 68. The molecular weight excluding hydrogens is 1100 g/mol. The van der Waals surface area contributed by atoms with Crippen LogP contribution < -0.4 is 5.32 Å².